The Kier molecular flexibility index (Phi) is 5.19. The number of ether oxygens (including phenoxy) is 1. The van der Waals surface area contributed by atoms with Crippen LogP contribution in [0.1, 0.15) is 15.9 Å². The van der Waals surface area contributed by atoms with Crippen LogP contribution in [0, 0.1) is 0 Å². The number of anilines is 1. The average Bonchev–Trinajstić information content (AvgIpc) is 2.52. The minimum Gasteiger partial charge on any atom is -0.467 e. The van der Waals surface area contributed by atoms with E-state index in [0.29, 0.717) is 0 Å². The number of halogens is 6. The van der Waals surface area contributed by atoms with Gasteiger partial charge in [0.05, 0.1) is 5.56 Å². The molecule has 10 heteroatoms. The third kappa shape index (κ3) is 5.37. The number of pyridine rings is 1. The molecule has 0 bridgehead atoms. The number of hydrogen-bond donors (Lipinski definition) is 1. The molecule has 1 aromatic carbocycles. The quantitative estimate of drug-likeness (QED) is 0.824. The molecule has 0 saturated heterocycles. The Labute approximate surface area is 137 Å². The van der Waals surface area contributed by atoms with E-state index in [1.807, 2.05) is 0 Å². The fourth-order valence-corrected chi connectivity index (χ4v) is 1.77. The lowest BCUT2D eigenvalue weighted by atomic mass is 10.2. The van der Waals surface area contributed by atoms with Crippen molar-refractivity contribution in [1.82, 2.24) is 4.98 Å². The number of aromatic nitrogens is 1. The van der Waals surface area contributed by atoms with Crippen LogP contribution in [0.3, 0.4) is 0 Å². The molecular weight excluding hydrogens is 354 g/mol. The molecule has 0 atom stereocenters. The zero-order valence-electron chi connectivity index (χ0n) is 12.3. The van der Waals surface area contributed by atoms with Crippen LogP contribution in [0.4, 0.5) is 32.0 Å². The van der Waals surface area contributed by atoms with Crippen LogP contribution in [0.2, 0.25) is 0 Å². The Morgan fingerprint density at radius 1 is 1.04 bits per heavy atom. The van der Waals surface area contributed by atoms with Gasteiger partial charge in [-0.1, -0.05) is 0 Å². The molecule has 1 amide bonds. The number of alkyl halides is 6. The number of hydrogen-bond acceptors (Lipinski definition) is 3. The lowest BCUT2D eigenvalue weighted by Crippen LogP contribution is -2.22. The molecule has 1 heterocycles. The third-order valence-electron chi connectivity index (χ3n) is 2.86. The number of carbonyl (C=O) groups is 1. The van der Waals surface area contributed by atoms with Crippen molar-refractivity contribution in [3.05, 3.63) is 53.7 Å². The topological polar surface area (TPSA) is 51.2 Å². The molecule has 2 aromatic rings. The molecule has 1 N–H and O–H groups in total. The lowest BCUT2D eigenvalue weighted by Gasteiger charge is -2.12. The van der Waals surface area contributed by atoms with Crippen molar-refractivity contribution in [2.45, 2.75) is 12.4 Å². The van der Waals surface area contributed by atoms with Crippen LogP contribution in [0.15, 0.2) is 42.6 Å². The van der Waals surface area contributed by atoms with E-state index in [9.17, 15) is 31.1 Å². The Hall–Kier alpha value is -2.78. The van der Waals surface area contributed by atoms with Crippen LogP contribution in [-0.2, 0) is 6.18 Å². The highest BCUT2D eigenvalue weighted by atomic mass is 19.4. The second-order valence-electron chi connectivity index (χ2n) is 4.79. The smallest absolute Gasteiger partial charge is 0.422 e. The number of rotatable bonds is 4. The molecule has 4 nitrogen and oxygen atoms in total. The van der Waals surface area contributed by atoms with E-state index in [4.69, 9.17) is 0 Å². The molecular formula is C15H10F6N2O2. The predicted octanol–water partition coefficient (Wildman–Crippen LogP) is 4.29. The molecule has 0 saturated carbocycles. The fraction of sp³-hybridized carbons (Fsp3) is 0.200. The van der Waals surface area contributed by atoms with Gasteiger partial charge in [0.15, 0.2) is 6.61 Å². The van der Waals surface area contributed by atoms with E-state index in [-0.39, 0.29) is 11.3 Å². The van der Waals surface area contributed by atoms with Gasteiger partial charge in [-0.3, -0.25) is 4.79 Å². The van der Waals surface area contributed by atoms with Gasteiger partial charge in [-0.25, -0.2) is 4.98 Å². The molecule has 0 aliphatic heterocycles. The summed E-state index contributed by atoms with van der Waals surface area (Å²) in [7, 11) is 0. The van der Waals surface area contributed by atoms with Crippen molar-refractivity contribution < 1.29 is 35.9 Å². The summed E-state index contributed by atoms with van der Waals surface area (Å²) >= 11 is 0. The van der Waals surface area contributed by atoms with Gasteiger partial charge in [0.25, 0.3) is 5.91 Å². The van der Waals surface area contributed by atoms with E-state index < -0.39 is 36.3 Å². The third-order valence-corrected chi connectivity index (χ3v) is 2.86. The summed E-state index contributed by atoms with van der Waals surface area (Å²) in [6.45, 7) is -1.63. The van der Waals surface area contributed by atoms with Crippen LogP contribution >= 0.6 is 0 Å². The van der Waals surface area contributed by atoms with Gasteiger partial charge in [0, 0.05) is 11.9 Å². The first kappa shape index (κ1) is 18.6. The first-order valence-electron chi connectivity index (χ1n) is 6.69. The highest BCUT2D eigenvalue weighted by Gasteiger charge is 2.31. The lowest BCUT2D eigenvalue weighted by molar-refractivity contribution is -0.154. The molecule has 2 rings (SSSR count). The molecule has 134 valence electrons. The van der Waals surface area contributed by atoms with Gasteiger partial charge < -0.3 is 10.1 Å². The van der Waals surface area contributed by atoms with E-state index in [1.165, 1.54) is 12.1 Å². The summed E-state index contributed by atoms with van der Waals surface area (Å²) in [5, 5.41) is 2.27. The minimum absolute atomic E-state index is 0.0311. The van der Waals surface area contributed by atoms with E-state index in [1.54, 1.807) is 0 Å². The second kappa shape index (κ2) is 6.99. The summed E-state index contributed by atoms with van der Waals surface area (Å²) in [6.07, 6.45) is -8.00. The van der Waals surface area contributed by atoms with Crippen molar-refractivity contribution in [2.75, 3.05) is 11.9 Å². The van der Waals surface area contributed by atoms with Gasteiger partial charge in [0.1, 0.15) is 5.56 Å². The SMILES string of the molecule is O=C(Nc1ccc(C(F)(F)F)cc1)c1cccnc1OCC(F)(F)F. The summed E-state index contributed by atoms with van der Waals surface area (Å²) in [4.78, 5) is 15.7. The maximum Gasteiger partial charge on any atom is 0.422 e. The van der Waals surface area contributed by atoms with E-state index in [0.717, 1.165) is 30.5 Å². The zero-order chi connectivity index (χ0) is 18.7. The van der Waals surface area contributed by atoms with Crippen LogP contribution in [-0.4, -0.2) is 23.7 Å². The number of benzene rings is 1. The predicted molar refractivity (Wildman–Crippen MR) is 75.2 cm³/mol. The van der Waals surface area contributed by atoms with Crippen molar-refractivity contribution in [2.24, 2.45) is 0 Å². The maximum absolute atomic E-state index is 12.5. The summed E-state index contributed by atoms with van der Waals surface area (Å²) in [6, 6.07) is 6.06. The fourth-order valence-electron chi connectivity index (χ4n) is 1.77. The largest absolute Gasteiger partial charge is 0.467 e. The number of nitrogens with one attached hydrogen (secondary N) is 1. The van der Waals surface area contributed by atoms with Crippen LogP contribution in [0.25, 0.3) is 0 Å². The average molecular weight is 364 g/mol. The Bertz CT molecular complexity index is 741. The minimum atomic E-state index is -4.61. The van der Waals surface area contributed by atoms with Crippen LogP contribution < -0.4 is 10.1 Å². The zero-order valence-corrected chi connectivity index (χ0v) is 12.3. The first-order valence-corrected chi connectivity index (χ1v) is 6.69. The highest BCUT2D eigenvalue weighted by molar-refractivity contribution is 6.05. The van der Waals surface area contributed by atoms with Crippen LogP contribution in [0.5, 0.6) is 5.88 Å². The molecule has 1 aromatic heterocycles. The van der Waals surface area contributed by atoms with Crippen molar-refractivity contribution in [1.29, 1.82) is 0 Å². The number of amides is 1. The molecule has 0 fully saturated rings. The number of carbonyl (C=O) groups excluding carboxylic acids is 1. The monoisotopic (exact) mass is 364 g/mol. The first-order chi connectivity index (χ1) is 11.6. The van der Waals surface area contributed by atoms with Gasteiger partial charge in [-0.15, -0.1) is 0 Å². The second-order valence-corrected chi connectivity index (χ2v) is 4.79. The molecule has 0 aliphatic carbocycles. The van der Waals surface area contributed by atoms with Crippen molar-refractivity contribution >= 4 is 11.6 Å². The highest BCUT2D eigenvalue weighted by Crippen LogP contribution is 2.30. The van der Waals surface area contributed by atoms with Gasteiger partial charge in [-0.05, 0) is 36.4 Å². The molecule has 0 unspecified atom stereocenters. The molecule has 0 aliphatic rings. The molecule has 0 radical (unpaired) electrons. The number of nitrogens with zero attached hydrogens (tertiary/aromatic N) is 1. The summed E-state index contributed by atoms with van der Waals surface area (Å²) in [5.41, 5.74) is -1.16. The maximum atomic E-state index is 12.5. The normalized spacial score (nSPS) is 11.9. The van der Waals surface area contributed by atoms with Crippen molar-refractivity contribution in [3.63, 3.8) is 0 Å². The van der Waals surface area contributed by atoms with E-state index >= 15 is 0 Å². The molecule has 0 spiro atoms. The van der Waals surface area contributed by atoms with Gasteiger partial charge in [0.2, 0.25) is 5.88 Å². The van der Waals surface area contributed by atoms with E-state index in [2.05, 4.69) is 15.0 Å². The van der Waals surface area contributed by atoms with Gasteiger partial charge in [-0.2, -0.15) is 26.3 Å². The Morgan fingerprint density at radius 2 is 1.68 bits per heavy atom. The Morgan fingerprint density at radius 3 is 2.24 bits per heavy atom. The summed E-state index contributed by atoms with van der Waals surface area (Å²) in [5.74, 6) is -1.41. The van der Waals surface area contributed by atoms with Gasteiger partial charge >= 0.3 is 12.4 Å². The molecule has 25 heavy (non-hydrogen) atoms. The summed E-state index contributed by atoms with van der Waals surface area (Å²) < 4.78 is 78.5. The Balaban J connectivity index is 2.13. The van der Waals surface area contributed by atoms with Crippen molar-refractivity contribution in [3.8, 4) is 5.88 Å². The standard InChI is InChI=1S/C15H10F6N2O2/c16-14(17,18)8-25-13-11(2-1-7-22-13)12(24)23-10-5-3-9(4-6-10)15(19,20)21/h1-7H,8H2,(H,23,24).